The minimum atomic E-state index is -3.15. The van der Waals surface area contributed by atoms with Crippen molar-refractivity contribution in [3.05, 3.63) is 29.3 Å². The highest BCUT2D eigenvalue weighted by molar-refractivity contribution is 7.89. The number of sulfonamides is 1. The lowest BCUT2D eigenvalue weighted by atomic mass is 9.74. The van der Waals surface area contributed by atoms with Crippen LogP contribution in [0.15, 0.2) is 18.2 Å². The van der Waals surface area contributed by atoms with Crippen LogP contribution in [0.25, 0.3) is 0 Å². The van der Waals surface area contributed by atoms with Gasteiger partial charge in [-0.3, -0.25) is 0 Å². The number of hydrogen-bond donors (Lipinski definition) is 1. The third-order valence-corrected chi connectivity index (χ3v) is 8.87. The van der Waals surface area contributed by atoms with E-state index in [1.54, 1.807) is 0 Å². The van der Waals surface area contributed by atoms with E-state index in [-0.39, 0.29) is 23.8 Å². The van der Waals surface area contributed by atoms with Crippen LogP contribution in [0.5, 0.6) is 0 Å². The Labute approximate surface area is 168 Å². The number of nitrogens with one attached hydrogen (secondary N) is 1. The average Bonchev–Trinajstić information content (AvgIpc) is 2.84. The van der Waals surface area contributed by atoms with Crippen LogP contribution >= 0.6 is 0 Å². The van der Waals surface area contributed by atoms with Crippen molar-refractivity contribution < 1.29 is 17.7 Å². The van der Waals surface area contributed by atoms with Gasteiger partial charge in [0.1, 0.15) is 0 Å². The Morgan fingerprint density at radius 3 is 2.43 bits per heavy atom. The topological polar surface area (TPSA) is 64.6 Å². The summed E-state index contributed by atoms with van der Waals surface area (Å²) in [6, 6.07) is 6.62. The molecule has 1 unspecified atom stereocenters. The van der Waals surface area contributed by atoms with Crippen LogP contribution in [0.3, 0.4) is 0 Å². The van der Waals surface area contributed by atoms with Crippen LogP contribution in [0.1, 0.15) is 50.7 Å². The Morgan fingerprint density at radius 2 is 1.75 bits per heavy atom. The van der Waals surface area contributed by atoms with Gasteiger partial charge in [-0.2, -0.15) is 0 Å². The van der Waals surface area contributed by atoms with E-state index in [0.717, 1.165) is 44.0 Å². The highest BCUT2D eigenvalue weighted by Gasteiger charge is 2.54. The zero-order chi connectivity index (χ0) is 19.6. The van der Waals surface area contributed by atoms with Gasteiger partial charge in [-0.05, 0) is 67.0 Å². The molecule has 3 atom stereocenters. The zero-order valence-corrected chi connectivity index (χ0v) is 17.7. The number of rotatable bonds is 1. The molecule has 1 aromatic rings. The van der Waals surface area contributed by atoms with Crippen molar-refractivity contribution in [3.63, 3.8) is 0 Å². The van der Waals surface area contributed by atoms with Gasteiger partial charge in [0.15, 0.2) is 0 Å². The quantitative estimate of drug-likeness (QED) is 0.729. The van der Waals surface area contributed by atoms with Gasteiger partial charge in [0.25, 0.3) is 0 Å². The van der Waals surface area contributed by atoms with Crippen LogP contribution in [0.4, 0.5) is 0 Å². The van der Waals surface area contributed by atoms with E-state index < -0.39 is 10.0 Å². The fraction of sp³-hybridized carbons (Fsp3) is 0.714. The molecular formula is C21H30BNO4S. The molecule has 2 aliphatic carbocycles. The minimum absolute atomic E-state index is 0.0614. The van der Waals surface area contributed by atoms with Gasteiger partial charge in [0, 0.05) is 24.2 Å². The first-order chi connectivity index (χ1) is 13.3. The maximum atomic E-state index is 12.4. The molecule has 7 heteroatoms. The van der Waals surface area contributed by atoms with Gasteiger partial charge in [-0.15, -0.1) is 0 Å². The van der Waals surface area contributed by atoms with Crippen molar-refractivity contribution in [3.8, 4) is 0 Å². The van der Waals surface area contributed by atoms with Gasteiger partial charge in [0.2, 0.25) is 10.0 Å². The summed E-state index contributed by atoms with van der Waals surface area (Å²) in [4.78, 5) is 0. The third kappa shape index (κ3) is 3.24. The van der Waals surface area contributed by atoms with Gasteiger partial charge < -0.3 is 9.31 Å². The highest BCUT2D eigenvalue weighted by Crippen LogP contribution is 2.50. The van der Waals surface area contributed by atoms with Crippen molar-refractivity contribution in [2.45, 2.75) is 57.9 Å². The van der Waals surface area contributed by atoms with Gasteiger partial charge in [0.05, 0.1) is 5.75 Å². The lowest BCUT2D eigenvalue weighted by molar-refractivity contribution is 0.0343. The first-order valence-electron chi connectivity index (χ1n) is 10.6. The largest absolute Gasteiger partial charge is 0.493 e. The molecule has 1 aromatic carbocycles. The predicted molar refractivity (Wildman–Crippen MR) is 110 cm³/mol. The van der Waals surface area contributed by atoms with Gasteiger partial charge >= 0.3 is 7.12 Å². The fourth-order valence-corrected chi connectivity index (χ4v) is 7.58. The lowest BCUT2D eigenvalue weighted by Crippen LogP contribution is -2.58. The van der Waals surface area contributed by atoms with E-state index in [0.29, 0.717) is 25.0 Å². The number of benzene rings is 1. The standard InChI is InChI=1S/C21H30BNO4S/c1-20(2)13-26-22(27-14-20)19-7-4-15-10-17-5-6-18(11-16(15)12-19)21(17)8-3-9-28(24,25)23-21/h4,7,12,17-18,23H,3,5-6,8-11,13-14H2,1-2H3/t17-,18?,21+/m0/s1. The molecular weight excluding hydrogens is 373 g/mol. The second kappa shape index (κ2) is 6.56. The molecule has 1 spiro atoms. The Morgan fingerprint density at radius 1 is 1.07 bits per heavy atom. The monoisotopic (exact) mass is 403 g/mol. The molecule has 1 saturated carbocycles. The van der Waals surface area contributed by atoms with Crippen LogP contribution in [-0.4, -0.2) is 40.0 Å². The highest BCUT2D eigenvalue weighted by atomic mass is 32.2. The van der Waals surface area contributed by atoms with E-state index in [9.17, 15) is 8.42 Å². The first kappa shape index (κ1) is 19.1. The summed E-state index contributed by atoms with van der Waals surface area (Å²) in [5.74, 6) is 1.07. The van der Waals surface area contributed by atoms with Crippen LogP contribution < -0.4 is 10.2 Å². The smallest absolute Gasteiger partial charge is 0.407 e. The number of fused-ring (bicyclic) bond motifs is 1. The minimum Gasteiger partial charge on any atom is -0.407 e. The number of hydrogen-bond acceptors (Lipinski definition) is 4. The molecule has 5 nitrogen and oxygen atoms in total. The summed E-state index contributed by atoms with van der Waals surface area (Å²) >= 11 is 0. The summed E-state index contributed by atoms with van der Waals surface area (Å²) in [7, 11) is -3.44. The third-order valence-electron chi connectivity index (χ3n) is 7.36. The Hall–Kier alpha value is -0.885. The van der Waals surface area contributed by atoms with Gasteiger partial charge in [-0.25, -0.2) is 13.1 Å². The molecule has 152 valence electrons. The van der Waals surface area contributed by atoms with Crippen LogP contribution in [0, 0.1) is 17.3 Å². The van der Waals surface area contributed by atoms with E-state index in [1.807, 2.05) is 0 Å². The van der Waals surface area contributed by atoms with Crippen molar-refractivity contribution in [1.82, 2.24) is 4.72 Å². The van der Waals surface area contributed by atoms with Crippen molar-refractivity contribution >= 4 is 22.6 Å². The average molecular weight is 403 g/mol. The zero-order valence-electron chi connectivity index (χ0n) is 16.9. The molecule has 4 aliphatic rings. The Kier molecular flexibility index (Phi) is 4.47. The molecule has 0 radical (unpaired) electrons. The molecule has 5 rings (SSSR count). The summed E-state index contributed by atoms with van der Waals surface area (Å²) in [6.07, 6.45) is 5.91. The van der Waals surface area contributed by atoms with Gasteiger partial charge in [-0.1, -0.05) is 32.0 Å². The second-order valence-electron chi connectivity index (χ2n) is 10.1. The molecule has 0 amide bonds. The van der Waals surface area contributed by atoms with E-state index in [4.69, 9.17) is 9.31 Å². The van der Waals surface area contributed by atoms with Crippen LogP contribution in [-0.2, 0) is 32.2 Å². The molecule has 2 aliphatic heterocycles. The fourth-order valence-electron chi connectivity index (χ4n) is 5.94. The molecule has 1 N–H and O–H groups in total. The SMILES string of the molecule is CC1(C)COB(c2ccc3c(c2)CC2CC[C@@H](C3)[C@]23CCCS(=O)(=O)N3)OC1. The first-order valence-corrected chi connectivity index (χ1v) is 12.3. The van der Waals surface area contributed by atoms with Crippen molar-refractivity contribution in [2.24, 2.45) is 17.3 Å². The lowest BCUT2D eigenvalue weighted by Gasteiger charge is -2.42. The molecule has 2 saturated heterocycles. The predicted octanol–water partition coefficient (Wildman–Crippen LogP) is 2.03. The molecule has 2 bridgehead atoms. The molecule has 0 aromatic heterocycles. The maximum absolute atomic E-state index is 12.4. The summed E-state index contributed by atoms with van der Waals surface area (Å²) < 4.78 is 39.9. The normalized spacial score (nSPS) is 36.1. The summed E-state index contributed by atoms with van der Waals surface area (Å²) in [5, 5.41) is 0. The molecule has 3 fully saturated rings. The van der Waals surface area contributed by atoms with Crippen molar-refractivity contribution in [2.75, 3.05) is 19.0 Å². The second-order valence-corrected chi connectivity index (χ2v) is 11.9. The molecule has 2 heterocycles. The van der Waals surface area contributed by atoms with E-state index in [2.05, 4.69) is 36.8 Å². The molecule has 28 heavy (non-hydrogen) atoms. The Balaban J connectivity index is 1.42. The Bertz CT molecular complexity index is 876. The van der Waals surface area contributed by atoms with E-state index >= 15 is 0 Å². The summed E-state index contributed by atoms with van der Waals surface area (Å²) in [5.41, 5.74) is 3.64. The summed E-state index contributed by atoms with van der Waals surface area (Å²) in [6.45, 7) is 5.71. The maximum Gasteiger partial charge on any atom is 0.493 e. The van der Waals surface area contributed by atoms with E-state index in [1.165, 1.54) is 11.1 Å². The van der Waals surface area contributed by atoms with Crippen LogP contribution in [0.2, 0.25) is 0 Å². The van der Waals surface area contributed by atoms with Crippen molar-refractivity contribution in [1.29, 1.82) is 0 Å².